The molecule has 0 fully saturated rings. The molecule has 4 aromatic rings. The number of hydrogen-bond acceptors (Lipinski definition) is 6. The normalized spacial score (nSPS) is 10.8. The van der Waals surface area contributed by atoms with Gasteiger partial charge >= 0.3 is 0 Å². The molecule has 7 heteroatoms. The number of carbonyl (C=O) groups is 1. The van der Waals surface area contributed by atoms with Crippen LogP contribution in [0, 0.1) is 0 Å². The first-order valence-electron chi connectivity index (χ1n) is 9.31. The maximum atomic E-state index is 12.1. The molecular formula is C22H20N4O2S. The number of thiophene rings is 1. The lowest BCUT2D eigenvalue weighted by atomic mass is 10.2. The number of fused-ring (bicyclic) bond motifs is 1. The van der Waals surface area contributed by atoms with Crippen molar-refractivity contribution in [3.63, 3.8) is 0 Å². The van der Waals surface area contributed by atoms with Crippen molar-refractivity contribution in [3.05, 3.63) is 70.9 Å². The van der Waals surface area contributed by atoms with Crippen molar-refractivity contribution in [3.8, 4) is 17.1 Å². The summed E-state index contributed by atoms with van der Waals surface area (Å²) in [4.78, 5) is 21.5. The Balaban J connectivity index is 1.39. The lowest BCUT2D eigenvalue weighted by molar-refractivity contribution is 0.0953. The topological polar surface area (TPSA) is 87.1 Å². The number of phenolic OH excluding ortho intramolecular Hbond substituents is 1. The summed E-state index contributed by atoms with van der Waals surface area (Å²) in [6, 6.07) is 16.2. The van der Waals surface area contributed by atoms with E-state index >= 15 is 0 Å². The number of hydrogen-bond donors (Lipinski definition) is 3. The summed E-state index contributed by atoms with van der Waals surface area (Å²) < 4.78 is 0. The van der Waals surface area contributed by atoms with E-state index in [1.54, 1.807) is 23.5 Å². The largest absolute Gasteiger partial charge is 0.508 e. The summed E-state index contributed by atoms with van der Waals surface area (Å²) in [5.74, 6) is 1.37. The average molecular weight is 404 g/mol. The fourth-order valence-electron chi connectivity index (χ4n) is 2.98. The van der Waals surface area contributed by atoms with E-state index < -0.39 is 0 Å². The van der Waals surface area contributed by atoms with E-state index in [0.717, 1.165) is 28.7 Å². The molecule has 0 aliphatic rings. The van der Waals surface area contributed by atoms with E-state index in [4.69, 9.17) is 4.98 Å². The molecule has 2 aromatic heterocycles. The van der Waals surface area contributed by atoms with E-state index in [-0.39, 0.29) is 11.7 Å². The second kappa shape index (κ2) is 8.70. The zero-order chi connectivity index (χ0) is 20.1. The molecule has 0 atom stereocenters. The van der Waals surface area contributed by atoms with Crippen LogP contribution in [-0.4, -0.2) is 34.1 Å². The second-order valence-corrected chi connectivity index (χ2v) is 7.29. The Morgan fingerprint density at radius 3 is 2.76 bits per heavy atom. The fourth-order valence-corrected chi connectivity index (χ4v) is 3.61. The van der Waals surface area contributed by atoms with Crippen LogP contribution in [0.4, 0.5) is 5.82 Å². The highest BCUT2D eigenvalue weighted by molar-refractivity contribution is 7.08. The summed E-state index contributed by atoms with van der Waals surface area (Å²) >= 11 is 1.62. The zero-order valence-corrected chi connectivity index (χ0v) is 16.4. The monoisotopic (exact) mass is 404 g/mol. The standard InChI is InChI=1S/C22H20N4O2S/c27-17-6-3-5-15(13-17)22(28)24-11-4-10-23-21-18-7-1-2-8-19(18)25-20(26-21)16-9-12-29-14-16/h1-3,5-9,12-14,27H,4,10-11H2,(H,24,28)(H,23,25,26). The van der Waals surface area contributed by atoms with Crippen molar-refractivity contribution >= 4 is 34.0 Å². The maximum Gasteiger partial charge on any atom is 0.251 e. The van der Waals surface area contributed by atoms with E-state index in [2.05, 4.69) is 15.6 Å². The van der Waals surface area contributed by atoms with Gasteiger partial charge in [0, 0.05) is 35.0 Å². The summed E-state index contributed by atoms with van der Waals surface area (Å²) in [5.41, 5.74) is 2.34. The summed E-state index contributed by atoms with van der Waals surface area (Å²) in [7, 11) is 0. The number of para-hydroxylation sites is 1. The molecule has 29 heavy (non-hydrogen) atoms. The molecule has 6 nitrogen and oxygen atoms in total. The Morgan fingerprint density at radius 1 is 1.03 bits per heavy atom. The predicted molar refractivity (Wildman–Crippen MR) is 116 cm³/mol. The molecule has 0 aliphatic carbocycles. The van der Waals surface area contributed by atoms with Crippen molar-refractivity contribution < 1.29 is 9.90 Å². The number of aromatic nitrogens is 2. The maximum absolute atomic E-state index is 12.1. The number of amides is 1. The third-order valence-electron chi connectivity index (χ3n) is 4.42. The molecule has 1 amide bonds. The van der Waals surface area contributed by atoms with Gasteiger partial charge in [0.05, 0.1) is 5.52 Å². The summed E-state index contributed by atoms with van der Waals surface area (Å²) in [5, 5.41) is 20.7. The van der Waals surface area contributed by atoms with Crippen LogP contribution in [0.5, 0.6) is 5.75 Å². The number of nitrogens with one attached hydrogen (secondary N) is 2. The minimum atomic E-state index is -0.201. The quantitative estimate of drug-likeness (QED) is 0.400. The van der Waals surface area contributed by atoms with E-state index in [9.17, 15) is 9.90 Å². The third-order valence-corrected chi connectivity index (χ3v) is 5.11. The van der Waals surface area contributed by atoms with Gasteiger partial charge < -0.3 is 15.7 Å². The molecule has 0 aliphatic heterocycles. The zero-order valence-electron chi connectivity index (χ0n) is 15.6. The van der Waals surface area contributed by atoms with Crippen LogP contribution in [0.3, 0.4) is 0 Å². The minimum Gasteiger partial charge on any atom is -0.508 e. The van der Waals surface area contributed by atoms with Crippen molar-refractivity contribution in [1.82, 2.24) is 15.3 Å². The highest BCUT2D eigenvalue weighted by Crippen LogP contribution is 2.26. The van der Waals surface area contributed by atoms with Gasteiger partial charge in [0.25, 0.3) is 5.91 Å². The molecule has 3 N–H and O–H groups in total. The molecular weight excluding hydrogens is 384 g/mol. The third kappa shape index (κ3) is 4.52. The second-order valence-electron chi connectivity index (χ2n) is 6.51. The van der Waals surface area contributed by atoms with Gasteiger partial charge in [0.1, 0.15) is 11.6 Å². The Hall–Kier alpha value is -3.45. The number of anilines is 1. The van der Waals surface area contributed by atoms with Crippen LogP contribution < -0.4 is 10.6 Å². The van der Waals surface area contributed by atoms with Gasteiger partial charge in [-0.2, -0.15) is 11.3 Å². The fraction of sp³-hybridized carbons (Fsp3) is 0.136. The smallest absolute Gasteiger partial charge is 0.251 e. The Bertz CT molecular complexity index is 1130. The van der Waals surface area contributed by atoms with Crippen LogP contribution in [0.25, 0.3) is 22.3 Å². The molecule has 2 aromatic carbocycles. The van der Waals surface area contributed by atoms with Gasteiger partial charge in [0.2, 0.25) is 0 Å². The van der Waals surface area contributed by atoms with Crippen molar-refractivity contribution in [2.45, 2.75) is 6.42 Å². The van der Waals surface area contributed by atoms with E-state index in [0.29, 0.717) is 24.5 Å². The Morgan fingerprint density at radius 2 is 1.93 bits per heavy atom. The molecule has 0 saturated heterocycles. The van der Waals surface area contributed by atoms with Crippen LogP contribution >= 0.6 is 11.3 Å². The highest BCUT2D eigenvalue weighted by Gasteiger charge is 2.10. The number of aromatic hydroxyl groups is 1. The number of benzene rings is 2. The van der Waals surface area contributed by atoms with Crippen molar-refractivity contribution in [2.24, 2.45) is 0 Å². The number of nitrogens with zero attached hydrogens (tertiary/aromatic N) is 2. The molecule has 0 radical (unpaired) electrons. The van der Waals surface area contributed by atoms with Crippen LogP contribution in [0.15, 0.2) is 65.4 Å². The highest BCUT2D eigenvalue weighted by atomic mass is 32.1. The van der Waals surface area contributed by atoms with Crippen LogP contribution in [-0.2, 0) is 0 Å². The van der Waals surface area contributed by atoms with Gasteiger partial charge in [-0.1, -0.05) is 18.2 Å². The molecule has 0 bridgehead atoms. The Labute approximate surface area is 172 Å². The van der Waals surface area contributed by atoms with Gasteiger partial charge in [-0.05, 0) is 48.2 Å². The molecule has 0 unspecified atom stereocenters. The summed E-state index contributed by atoms with van der Waals surface area (Å²) in [6.45, 7) is 1.17. The molecule has 0 spiro atoms. The van der Waals surface area contributed by atoms with Gasteiger partial charge in [-0.25, -0.2) is 9.97 Å². The lowest BCUT2D eigenvalue weighted by Crippen LogP contribution is -2.25. The number of phenols is 1. The summed E-state index contributed by atoms with van der Waals surface area (Å²) in [6.07, 6.45) is 0.733. The SMILES string of the molecule is O=C(NCCCNc1nc(-c2ccsc2)nc2ccccc12)c1cccc(O)c1. The molecule has 4 rings (SSSR count). The first-order chi connectivity index (χ1) is 14.2. The van der Waals surface area contributed by atoms with Crippen molar-refractivity contribution in [1.29, 1.82) is 0 Å². The molecule has 2 heterocycles. The molecule has 146 valence electrons. The van der Waals surface area contributed by atoms with Crippen LogP contribution in [0.1, 0.15) is 16.8 Å². The average Bonchev–Trinajstić information content (AvgIpc) is 3.28. The molecule has 0 saturated carbocycles. The first kappa shape index (κ1) is 18.9. The van der Waals surface area contributed by atoms with Crippen LogP contribution in [0.2, 0.25) is 0 Å². The lowest BCUT2D eigenvalue weighted by Gasteiger charge is -2.11. The predicted octanol–water partition coefficient (Wildman–Crippen LogP) is 4.30. The van der Waals surface area contributed by atoms with Crippen molar-refractivity contribution in [2.75, 3.05) is 18.4 Å². The van der Waals surface area contributed by atoms with E-state index in [1.165, 1.54) is 12.1 Å². The van der Waals surface area contributed by atoms with Gasteiger partial charge in [-0.3, -0.25) is 4.79 Å². The van der Waals surface area contributed by atoms with E-state index in [1.807, 2.05) is 41.1 Å². The van der Waals surface area contributed by atoms with Gasteiger partial charge in [0.15, 0.2) is 5.82 Å². The van der Waals surface area contributed by atoms with Gasteiger partial charge in [-0.15, -0.1) is 0 Å². The number of rotatable bonds is 7. The first-order valence-corrected chi connectivity index (χ1v) is 10.3. The number of carbonyl (C=O) groups excluding carboxylic acids is 1. The minimum absolute atomic E-state index is 0.0800. The Kier molecular flexibility index (Phi) is 5.67.